The molecule has 4 heteroatoms. The number of benzene rings is 1. The minimum Gasteiger partial charge on any atom is -0.337 e. The van der Waals surface area contributed by atoms with Crippen LogP contribution in [0.4, 0.5) is 0 Å². The van der Waals surface area contributed by atoms with Crippen LogP contribution in [0.15, 0.2) is 24.3 Å². The molecule has 0 aromatic heterocycles. The molecule has 1 aromatic carbocycles. The first-order chi connectivity index (χ1) is 9.72. The van der Waals surface area contributed by atoms with Crippen molar-refractivity contribution in [1.82, 2.24) is 10.2 Å². The lowest BCUT2D eigenvalue weighted by Gasteiger charge is -2.26. The molecule has 1 atom stereocenters. The van der Waals surface area contributed by atoms with Gasteiger partial charge in [-0.15, -0.1) is 0 Å². The lowest BCUT2D eigenvalue weighted by atomic mass is 10.1. The van der Waals surface area contributed by atoms with Gasteiger partial charge in [-0.2, -0.15) is 0 Å². The third-order valence-corrected chi connectivity index (χ3v) is 4.72. The highest BCUT2D eigenvalue weighted by Crippen LogP contribution is 2.16. The van der Waals surface area contributed by atoms with Crippen molar-refractivity contribution in [3.63, 3.8) is 0 Å². The maximum absolute atomic E-state index is 12.8. The molecule has 110 valence electrons. The second kappa shape index (κ2) is 7.98. The second-order valence-corrected chi connectivity index (χ2v) is 6.54. The maximum atomic E-state index is 12.8. The van der Waals surface area contributed by atoms with Gasteiger partial charge in [0.25, 0.3) is 5.91 Å². The molecule has 1 fully saturated rings. The van der Waals surface area contributed by atoms with E-state index in [1.165, 1.54) is 12.8 Å². The predicted molar refractivity (Wildman–Crippen MR) is 91.0 cm³/mol. The Morgan fingerprint density at radius 2 is 2.25 bits per heavy atom. The Hall–Kier alpha value is -0.620. The monoisotopic (exact) mass is 386 g/mol. The van der Waals surface area contributed by atoms with Crippen LogP contribution >= 0.6 is 22.6 Å². The van der Waals surface area contributed by atoms with Crippen molar-refractivity contribution in [2.75, 3.05) is 19.6 Å². The molecule has 1 aliphatic heterocycles. The van der Waals surface area contributed by atoms with Crippen molar-refractivity contribution >= 4 is 28.5 Å². The highest BCUT2D eigenvalue weighted by molar-refractivity contribution is 14.1. The van der Waals surface area contributed by atoms with Crippen molar-refractivity contribution in [3.05, 3.63) is 33.4 Å². The lowest BCUT2D eigenvalue weighted by molar-refractivity contribution is 0.0738. The van der Waals surface area contributed by atoms with Gasteiger partial charge in [-0.3, -0.25) is 4.79 Å². The molecule has 1 saturated heterocycles. The van der Waals surface area contributed by atoms with Gasteiger partial charge in [-0.05, 0) is 60.5 Å². The molecule has 0 bridgehead atoms. The van der Waals surface area contributed by atoms with Crippen LogP contribution < -0.4 is 5.32 Å². The molecule has 0 saturated carbocycles. The van der Waals surface area contributed by atoms with Gasteiger partial charge in [0.1, 0.15) is 0 Å². The summed E-state index contributed by atoms with van der Waals surface area (Å²) >= 11 is 2.25. The van der Waals surface area contributed by atoms with Gasteiger partial charge in [0.2, 0.25) is 0 Å². The van der Waals surface area contributed by atoms with Gasteiger partial charge in [0.05, 0.1) is 5.56 Å². The van der Waals surface area contributed by atoms with Gasteiger partial charge < -0.3 is 10.2 Å². The number of nitrogens with zero attached hydrogens (tertiary/aromatic N) is 1. The summed E-state index contributed by atoms with van der Waals surface area (Å²) in [6, 6.07) is 8.33. The topological polar surface area (TPSA) is 32.3 Å². The van der Waals surface area contributed by atoms with Gasteiger partial charge in [-0.1, -0.05) is 25.5 Å². The molecule has 1 unspecified atom stereocenters. The summed E-state index contributed by atoms with van der Waals surface area (Å²) in [5, 5.41) is 3.49. The molecule has 0 radical (unpaired) electrons. The van der Waals surface area contributed by atoms with E-state index in [1.807, 2.05) is 29.2 Å². The predicted octanol–water partition coefficient (Wildman–Crippen LogP) is 3.29. The summed E-state index contributed by atoms with van der Waals surface area (Å²) < 4.78 is 1.04. The Bertz CT molecular complexity index is 444. The first kappa shape index (κ1) is 15.8. The lowest BCUT2D eigenvalue weighted by Crippen LogP contribution is -2.41. The first-order valence-electron chi connectivity index (χ1n) is 7.49. The van der Waals surface area contributed by atoms with E-state index in [2.05, 4.69) is 34.8 Å². The van der Waals surface area contributed by atoms with Crippen molar-refractivity contribution in [3.8, 4) is 0 Å². The van der Waals surface area contributed by atoms with Crippen LogP contribution in [0.1, 0.15) is 43.0 Å². The van der Waals surface area contributed by atoms with E-state index in [1.54, 1.807) is 0 Å². The van der Waals surface area contributed by atoms with Crippen molar-refractivity contribution in [1.29, 1.82) is 0 Å². The molecule has 1 N–H and O–H groups in total. The van der Waals surface area contributed by atoms with Gasteiger partial charge in [-0.25, -0.2) is 0 Å². The summed E-state index contributed by atoms with van der Waals surface area (Å²) in [4.78, 5) is 14.8. The summed E-state index contributed by atoms with van der Waals surface area (Å²) in [7, 11) is 0. The van der Waals surface area contributed by atoms with Crippen molar-refractivity contribution < 1.29 is 4.79 Å². The van der Waals surface area contributed by atoms with Crippen LogP contribution in [0.3, 0.4) is 0 Å². The zero-order valence-electron chi connectivity index (χ0n) is 12.1. The molecule has 3 nitrogen and oxygen atoms in total. The molecule has 1 aromatic rings. The van der Waals surface area contributed by atoms with Crippen LogP contribution in [-0.2, 0) is 0 Å². The van der Waals surface area contributed by atoms with Crippen molar-refractivity contribution in [2.24, 2.45) is 0 Å². The molecule has 1 heterocycles. The molecule has 1 amide bonds. The smallest absolute Gasteiger partial charge is 0.254 e. The Kier molecular flexibility index (Phi) is 6.29. The van der Waals surface area contributed by atoms with Gasteiger partial charge in [0.15, 0.2) is 0 Å². The van der Waals surface area contributed by atoms with Crippen LogP contribution in [0, 0.1) is 3.57 Å². The molecular formula is C16H23IN2O. The number of nitrogens with one attached hydrogen (secondary N) is 1. The maximum Gasteiger partial charge on any atom is 0.254 e. The SMILES string of the molecule is CCCCN(CC1CCCN1)C(=O)c1ccccc1I. The fourth-order valence-corrected chi connectivity index (χ4v) is 3.23. The minimum absolute atomic E-state index is 0.178. The van der Waals surface area contributed by atoms with Crippen molar-refractivity contribution in [2.45, 2.75) is 38.6 Å². The normalized spacial score (nSPS) is 18.2. The highest BCUT2D eigenvalue weighted by Gasteiger charge is 2.23. The van der Waals surface area contributed by atoms with E-state index in [9.17, 15) is 4.79 Å². The highest BCUT2D eigenvalue weighted by atomic mass is 127. The molecule has 0 aliphatic carbocycles. The molecule has 1 aliphatic rings. The molecular weight excluding hydrogens is 363 g/mol. The standard InChI is InChI=1S/C16H23IN2O/c1-2-3-11-19(12-13-7-6-10-18-13)16(20)14-8-4-5-9-15(14)17/h4-5,8-9,13,18H,2-3,6-7,10-12H2,1H3. The number of carbonyl (C=O) groups is 1. The number of unbranched alkanes of at least 4 members (excludes halogenated alkanes) is 1. The number of carbonyl (C=O) groups excluding carboxylic acids is 1. The Morgan fingerprint density at radius 3 is 2.90 bits per heavy atom. The van der Waals surface area contributed by atoms with Crippen LogP contribution in [0.5, 0.6) is 0 Å². The average molecular weight is 386 g/mol. The minimum atomic E-state index is 0.178. The van der Waals surface area contributed by atoms with Gasteiger partial charge in [0, 0.05) is 22.7 Å². The summed E-state index contributed by atoms with van der Waals surface area (Å²) in [6.07, 6.45) is 4.60. The first-order valence-corrected chi connectivity index (χ1v) is 8.57. The van der Waals surface area contributed by atoms with E-state index in [-0.39, 0.29) is 5.91 Å². The largest absolute Gasteiger partial charge is 0.337 e. The quantitative estimate of drug-likeness (QED) is 0.762. The second-order valence-electron chi connectivity index (χ2n) is 5.38. The van der Waals surface area contributed by atoms with E-state index in [0.717, 1.165) is 41.6 Å². The third kappa shape index (κ3) is 4.19. The summed E-state index contributed by atoms with van der Waals surface area (Å²) in [5.74, 6) is 0.178. The Balaban J connectivity index is 2.08. The van der Waals surface area contributed by atoms with Crippen LogP contribution in [0.2, 0.25) is 0 Å². The third-order valence-electron chi connectivity index (χ3n) is 3.78. The molecule has 2 rings (SSSR count). The number of hydrogen-bond acceptors (Lipinski definition) is 2. The average Bonchev–Trinajstić information content (AvgIpc) is 2.96. The fourth-order valence-electron chi connectivity index (χ4n) is 2.61. The zero-order chi connectivity index (χ0) is 14.4. The summed E-state index contributed by atoms with van der Waals surface area (Å²) in [5.41, 5.74) is 0.835. The van der Waals surface area contributed by atoms with E-state index >= 15 is 0 Å². The Labute approximate surface area is 135 Å². The summed E-state index contributed by atoms with van der Waals surface area (Å²) in [6.45, 7) is 4.95. The van der Waals surface area contributed by atoms with E-state index < -0.39 is 0 Å². The zero-order valence-corrected chi connectivity index (χ0v) is 14.2. The number of amides is 1. The van der Waals surface area contributed by atoms with Gasteiger partial charge >= 0.3 is 0 Å². The number of hydrogen-bond donors (Lipinski definition) is 1. The van der Waals surface area contributed by atoms with Crippen LogP contribution in [-0.4, -0.2) is 36.5 Å². The fraction of sp³-hybridized carbons (Fsp3) is 0.562. The van der Waals surface area contributed by atoms with E-state index in [0.29, 0.717) is 6.04 Å². The Morgan fingerprint density at radius 1 is 1.45 bits per heavy atom. The van der Waals surface area contributed by atoms with E-state index in [4.69, 9.17) is 0 Å². The number of rotatable bonds is 6. The molecule has 0 spiro atoms. The van der Waals surface area contributed by atoms with Crippen LogP contribution in [0.25, 0.3) is 0 Å². The number of halogens is 1. The molecule has 20 heavy (non-hydrogen) atoms.